The lowest BCUT2D eigenvalue weighted by Crippen LogP contribution is -2.01. The number of carbonyl (C=O) groups is 1. The third-order valence-electron chi connectivity index (χ3n) is 2.20. The van der Waals surface area contributed by atoms with Crippen molar-refractivity contribution in [2.24, 2.45) is 0 Å². The number of nitrogens with zero attached hydrogens (tertiary/aromatic N) is 2. The van der Waals surface area contributed by atoms with Gasteiger partial charge in [-0.05, 0) is 6.07 Å². The van der Waals surface area contributed by atoms with Crippen LogP contribution in [0.3, 0.4) is 0 Å². The largest absolute Gasteiger partial charge is 0.290 e. The molecule has 1 heterocycles. The Morgan fingerprint density at radius 3 is 2.62 bits per heavy atom. The van der Waals surface area contributed by atoms with Crippen LogP contribution in [0.5, 0.6) is 0 Å². The standard InChI is InChI=1S/C13H8N2O/c1-14-12-9-15-8-7-11(12)13(16)10-5-3-2-4-6-10/h2-9H. The molecule has 0 amide bonds. The highest BCUT2D eigenvalue weighted by Gasteiger charge is 2.12. The van der Waals surface area contributed by atoms with E-state index in [9.17, 15) is 4.79 Å². The van der Waals surface area contributed by atoms with E-state index in [0.717, 1.165) is 0 Å². The summed E-state index contributed by atoms with van der Waals surface area (Å²) in [5.41, 5.74) is 1.27. The fraction of sp³-hybridized carbons (Fsp3) is 0. The molecular formula is C13H8N2O. The van der Waals surface area contributed by atoms with Crippen LogP contribution in [0.2, 0.25) is 0 Å². The van der Waals surface area contributed by atoms with Crippen molar-refractivity contribution >= 4 is 11.5 Å². The predicted octanol–water partition coefficient (Wildman–Crippen LogP) is 2.86. The minimum Gasteiger partial charge on any atom is -0.290 e. The van der Waals surface area contributed by atoms with Crippen LogP contribution < -0.4 is 0 Å². The van der Waals surface area contributed by atoms with Crippen LogP contribution >= 0.6 is 0 Å². The molecule has 0 atom stereocenters. The first-order valence-electron chi connectivity index (χ1n) is 4.74. The van der Waals surface area contributed by atoms with Gasteiger partial charge in [-0.1, -0.05) is 30.3 Å². The van der Waals surface area contributed by atoms with E-state index in [1.807, 2.05) is 6.07 Å². The first-order valence-corrected chi connectivity index (χ1v) is 4.74. The van der Waals surface area contributed by atoms with Crippen molar-refractivity contribution in [2.75, 3.05) is 0 Å². The van der Waals surface area contributed by atoms with Crippen molar-refractivity contribution in [2.45, 2.75) is 0 Å². The van der Waals surface area contributed by atoms with Crippen LogP contribution in [0.4, 0.5) is 5.69 Å². The third kappa shape index (κ3) is 1.82. The Balaban J connectivity index is 2.47. The Bertz CT molecular complexity index is 556. The third-order valence-corrected chi connectivity index (χ3v) is 2.20. The van der Waals surface area contributed by atoms with Gasteiger partial charge in [-0.25, -0.2) is 4.85 Å². The maximum atomic E-state index is 12.1. The Labute approximate surface area is 93.2 Å². The van der Waals surface area contributed by atoms with Crippen molar-refractivity contribution in [3.05, 3.63) is 71.3 Å². The zero-order valence-corrected chi connectivity index (χ0v) is 8.42. The number of aromatic nitrogens is 1. The molecule has 0 bridgehead atoms. The fourth-order valence-corrected chi connectivity index (χ4v) is 1.41. The Kier molecular flexibility index (Phi) is 2.75. The van der Waals surface area contributed by atoms with Crippen LogP contribution in [-0.2, 0) is 0 Å². The molecular weight excluding hydrogens is 200 g/mol. The molecule has 76 valence electrons. The van der Waals surface area contributed by atoms with E-state index in [1.165, 1.54) is 12.4 Å². The quantitative estimate of drug-likeness (QED) is 0.561. The van der Waals surface area contributed by atoms with Gasteiger partial charge >= 0.3 is 0 Å². The molecule has 0 aliphatic carbocycles. The minimum absolute atomic E-state index is 0.144. The lowest BCUT2D eigenvalue weighted by atomic mass is 10.0. The summed E-state index contributed by atoms with van der Waals surface area (Å²) in [6.45, 7) is 6.97. The van der Waals surface area contributed by atoms with Gasteiger partial charge in [-0.3, -0.25) is 9.78 Å². The molecule has 3 nitrogen and oxygen atoms in total. The predicted molar refractivity (Wildman–Crippen MR) is 60.4 cm³/mol. The van der Waals surface area contributed by atoms with Crippen molar-refractivity contribution in [3.63, 3.8) is 0 Å². The summed E-state index contributed by atoms with van der Waals surface area (Å²) in [6.07, 6.45) is 2.92. The monoisotopic (exact) mass is 208 g/mol. The van der Waals surface area contributed by atoms with Crippen molar-refractivity contribution in [1.82, 2.24) is 4.98 Å². The van der Waals surface area contributed by atoms with Crippen LogP contribution in [0.1, 0.15) is 15.9 Å². The molecule has 0 saturated heterocycles. The summed E-state index contributed by atoms with van der Waals surface area (Å²) >= 11 is 0. The van der Waals surface area contributed by atoms with Gasteiger partial charge in [0.1, 0.15) is 0 Å². The Morgan fingerprint density at radius 2 is 1.94 bits per heavy atom. The number of benzene rings is 1. The molecule has 3 heteroatoms. The van der Waals surface area contributed by atoms with Crippen molar-refractivity contribution in [1.29, 1.82) is 0 Å². The van der Waals surface area contributed by atoms with Gasteiger partial charge in [0.15, 0.2) is 5.78 Å². The molecule has 2 aromatic rings. The second-order valence-electron chi connectivity index (χ2n) is 3.20. The molecule has 2 rings (SSSR count). The number of carbonyl (C=O) groups excluding carboxylic acids is 1. The van der Waals surface area contributed by atoms with Crippen molar-refractivity contribution < 1.29 is 4.79 Å². The lowest BCUT2D eigenvalue weighted by Gasteiger charge is -2.02. The SMILES string of the molecule is [C-]#[N+]c1cnccc1C(=O)c1ccccc1. The molecule has 0 fully saturated rings. The molecule has 0 spiro atoms. The number of ketones is 1. The molecule has 0 unspecified atom stereocenters. The van der Waals surface area contributed by atoms with E-state index in [-0.39, 0.29) is 11.5 Å². The Morgan fingerprint density at radius 1 is 1.19 bits per heavy atom. The summed E-state index contributed by atoms with van der Waals surface area (Å²) in [5, 5.41) is 0. The molecule has 0 radical (unpaired) electrons. The number of rotatable bonds is 2. The summed E-state index contributed by atoms with van der Waals surface area (Å²) in [6, 6.07) is 10.5. The summed E-state index contributed by atoms with van der Waals surface area (Å²) in [4.78, 5) is 19.2. The van der Waals surface area contributed by atoms with Gasteiger partial charge < -0.3 is 0 Å². The average Bonchev–Trinajstić information content (AvgIpc) is 2.39. The van der Waals surface area contributed by atoms with E-state index in [4.69, 9.17) is 6.57 Å². The maximum Gasteiger partial charge on any atom is 0.216 e. The first-order chi connectivity index (χ1) is 7.83. The molecule has 1 aromatic carbocycles. The topological polar surface area (TPSA) is 34.3 Å². The van der Waals surface area contributed by atoms with Gasteiger partial charge in [0, 0.05) is 23.5 Å². The van der Waals surface area contributed by atoms with Crippen LogP contribution in [-0.4, -0.2) is 10.8 Å². The molecule has 16 heavy (non-hydrogen) atoms. The normalized spacial score (nSPS) is 9.44. The lowest BCUT2D eigenvalue weighted by molar-refractivity contribution is 0.103. The van der Waals surface area contributed by atoms with E-state index in [0.29, 0.717) is 11.1 Å². The van der Waals surface area contributed by atoms with Gasteiger partial charge in [-0.15, -0.1) is 0 Å². The highest BCUT2D eigenvalue weighted by Crippen LogP contribution is 2.20. The second-order valence-corrected chi connectivity index (χ2v) is 3.20. The van der Waals surface area contributed by atoms with Crippen molar-refractivity contribution in [3.8, 4) is 0 Å². The summed E-state index contributed by atoms with van der Waals surface area (Å²) in [5.74, 6) is -0.144. The zero-order valence-electron chi connectivity index (χ0n) is 8.42. The van der Waals surface area contributed by atoms with Crippen LogP contribution in [0.25, 0.3) is 4.85 Å². The molecule has 1 aromatic heterocycles. The van der Waals surface area contributed by atoms with Gasteiger partial charge in [0.05, 0.1) is 6.57 Å². The van der Waals surface area contributed by atoms with Gasteiger partial charge in [0.25, 0.3) is 0 Å². The van der Waals surface area contributed by atoms with E-state index in [1.54, 1.807) is 30.3 Å². The van der Waals surface area contributed by atoms with E-state index >= 15 is 0 Å². The van der Waals surface area contributed by atoms with E-state index < -0.39 is 0 Å². The number of pyridine rings is 1. The second kappa shape index (κ2) is 4.37. The summed E-state index contributed by atoms with van der Waals surface area (Å²) in [7, 11) is 0. The average molecular weight is 208 g/mol. The zero-order chi connectivity index (χ0) is 11.4. The fourth-order valence-electron chi connectivity index (χ4n) is 1.41. The minimum atomic E-state index is -0.144. The van der Waals surface area contributed by atoms with Crippen LogP contribution in [0.15, 0.2) is 48.8 Å². The van der Waals surface area contributed by atoms with Gasteiger partial charge in [-0.2, -0.15) is 0 Å². The van der Waals surface area contributed by atoms with Crippen LogP contribution in [0, 0.1) is 6.57 Å². The van der Waals surface area contributed by atoms with E-state index in [2.05, 4.69) is 9.83 Å². The highest BCUT2D eigenvalue weighted by molar-refractivity contribution is 6.12. The smallest absolute Gasteiger partial charge is 0.216 e. The Hall–Kier alpha value is -2.47. The maximum absolute atomic E-state index is 12.1. The number of hydrogen-bond acceptors (Lipinski definition) is 2. The first kappa shape index (κ1) is 10.1. The van der Waals surface area contributed by atoms with Gasteiger partial charge in [0.2, 0.25) is 5.69 Å². The molecule has 0 N–H and O–H groups in total. The number of hydrogen-bond donors (Lipinski definition) is 0. The molecule has 0 aliphatic heterocycles. The summed E-state index contributed by atoms with van der Waals surface area (Å²) < 4.78 is 0. The molecule has 0 aliphatic rings. The highest BCUT2D eigenvalue weighted by atomic mass is 16.1. The molecule has 0 saturated carbocycles.